The molecule has 158 valence electrons. The molecular formula is C24H29FN4O. The smallest absolute Gasteiger partial charge is 0.224 e. The number of hydrogen-bond donors (Lipinski definition) is 2. The van der Waals surface area contributed by atoms with Crippen molar-refractivity contribution in [3.05, 3.63) is 84.2 Å². The number of nitrogens with one attached hydrogen (secondary N) is 1. The first kappa shape index (κ1) is 21.7. The summed E-state index contributed by atoms with van der Waals surface area (Å²) in [5.41, 5.74) is 8.58. The van der Waals surface area contributed by atoms with Crippen LogP contribution in [0.5, 0.6) is 0 Å². The molecule has 3 rings (SSSR count). The molecule has 2 heterocycles. The van der Waals surface area contributed by atoms with Crippen LogP contribution < -0.4 is 5.73 Å². The number of carbonyl (C=O) groups excluding carboxylic acids is 1. The van der Waals surface area contributed by atoms with E-state index in [0.717, 1.165) is 29.9 Å². The van der Waals surface area contributed by atoms with Crippen LogP contribution in [-0.2, 0) is 11.2 Å². The number of nitrogens with zero attached hydrogens (tertiary/aromatic N) is 2. The third-order valence-electron chi connectivity index (χ3n) is 5.32. The number of carbonyl (C=O) groups is 1. The number of aromatic amines is 1. The highest BCUT2D eigenvalue weighted by molar-refractivity contribution is 5.78. The molecule has 1 saturated heterocycles. The van der Waals surface area contributed by atoms with E-state index in [2.05, 4.69) is 16.5 Å². The number of hydrogen-bond acceptors (Lipinski definition) is 3. The molecule has 30 heavy (non-hydrogen) atoms. The van der Waals surface area contributed by atoms with Gasteiger partial charge in [0.15, 0.2) is 0 Å². The molecule has 1 aromatic carbocycles. The molecule has 0 radical (unpaired) electrons. The summed E-state index contributed by atoms with van der Waals surface area (Å²) < 4.78 is 13.9. The summed E-state index contributed by atoms with van der Waals surface area (Å²) in [7, 11) is 0. The molecular weight excluding hydrogens is 379 g/mol. The van der Waals surface area contributed by atoms with Gasteiger partial charge in [0.1, 0.15) is 11.6 Å². The minimum absolute atomic E-state index is 0.0189. The second-order valence-corrected chi connectivity index (χ2v) is 7.54. The molecule has 0 spiro atoms. The molecule has 2 atom stereocenters. The van der Waals surface area contributed by atoms with Crippen molar-refractivity contribution in [3.63, 3.8) is 0 Å². The monoisotopic (exact) mass is 408 g/mol. The number of nitrogens with two attached hydrogens (primary N) is 1. The SMILES string of the molecule is C=CC=C(C=CC)c1cnc([C@@H]2CCCN2C(=O)C[C@H](N)Cc2ccccc2F)[nH]1. The van der Waals surface area contributed by atoms with Crippen molar-refractivity contribution in [2.75, 3.05) is 6.54 Å². The van der Waals surface area contributed by atoms with Crippen molar-refractivity contribution in [1.29, 1.82) is 0 Å². The molecule has 0 aliphatic carbocycles. The zero-order chi connectivity index (χ0) is 21.5. The molecule has 0 saturated carbocycles. The predicted molar refractivity (Wildman–Crippen MR) is 118 cm³/mol. The molecule has 2 aromatic rings. The zero-order valence-corrected chi connectivity index (χ0v) is 17.4. The Morgan fingerprint density at radius 3 is 3.00 bits per heavy atom. The standard InChI is InChI=1S/C24H29FN4O/c1-3-8-17(9-4-2)21-16-27-24(28-21)22-12-7-13-29(22)23(30)15-19(26)14-18-10-5-6-11-20(18)25/h3-6,8-11,16,19,22H,1,7,12-15,26H2,2H3,(H,27,28)/t19-,22+/m1/s1. The van der Waals surface area contributed by atoms with E-state index in [0.29, 0.717) is 18.5 Å². The molecule has 0 bridgehead atoms. The van der Waals surface area contributed by atoms with Gasteiger partial charge in [0.2, 0.25) is 5.91 Å². The number of rotatable bonds is 8. The van der Waals surface area contributed by atoms with Crippen molar-refractivity contribution < 1.29 is 9.18 Å². The number of likely N-dealkylation sites (tertiary alicyclic amines) is 1. The number of amides is 1. The summed E-state index contributed by atoms with van der Waals surface area (Å²) >= 11 is 0. The number of allylic oxidation sites excluding steroid dienone is 5. The van der Waals surface area contributed by atoms with Gasteiger partial charge in [-0.2, -0.15) is 0 Å². The fourth-order valence-corrected chi connectivity index (χ4v) is 3.90. The van der Waals surface area contributed by atoms with Crippen LogP contribution in [0.15, 0.2) is 61.3 Å². The Bertz CT molecular complexity index is 946. The van der Waals surface area contributed by atoms with E-state index < -0.39 is 6.04 Å². The molecule has 5 nitrogen and oxygen atoms in total. The Morgan fingerprint density at radius 1 is 1.47 bits per heavy atom. The van der Waals surface area contributed by atoms with Gasteiger partial charge in [0, 0.05) is 19.0 Å². The van der Waals surface area contributed by atoms with Gasteiger partial charge in [0.05, 0.1) is 17.9 Å². The predicted octanol–water partition coefficient (Wildman–Crippen LogP) is 4.32. The number of H-pyrrole nitrogens is 1. The molecule has 0 unspecified atom stereocenters. The maximum absolute atomic E-state index is 13.9. The van der Waals surface area contributed by atoms with Gasteiger partial charge in [-0.25, -0.2) is 9.37 Å². The highest BCUT2D eigenvalue weighted by atomic mass is 19.1. The maximum Gasteiger partial charge on any atom is 0.224 e. The van der Waals surface area contributed by atoms with Crippen molar-refractivity contribution in [2.24, 2.45) is 5.73 Å². The number of aromatic nitrogens is 2. The van der Waals surface area contributed by atoms with E-state index in [9.17, 15) is 9.18 Å². The molecule has 1 fully saturated rings. The second-order valence-electron chi connectivity index (χ2n) is 7.54. The van der Waals surface area contributed by atoms with Gasteiger partial charge in [-0.15, -0.1) is 0 Å². The fraction of sp³-hybridized carbons (Fsp3) is 0.333. The molecule has 3 N–H and O–H groups in total. The van der Waals surface area contributed by atoms with E-state index in [1.807, 2.05) is 30.1 Å². The number of benzene rings is 1. The van der Waals surface area contributed by atoms with Gasteiger partial charge in [0.25, 0.3) is 0 Å². The molecule has 1 aliphatic heterocycles. The van der Waals surface area contributed by atoms with Crippen LogP contribution in [0.25, 0.3) is 5.57 Å². The van der Waals surface area contributed by atoms with E-state index in [1.54, 1.807) is 30.5 Å². The Kier molecular flexibility index (Phi) is 7.36. The molecule has 1 aromatic heterocycles. The number of imidazole rings is 1. The summed E-state index contributed by atoms with van der Waals surface area (Å²) in [4.78, 5) is 22.7. The Hall–Kier alpha value is -2.99. The first-order valence-electron chi connectivity index (χ1n) is 10.3. The van der Waals surface area contributed by atoms with Gasteiger partial charge < -0.3 is 15.6 Å². The third-order valence-corrected chi connectivity index (χ3v) is 5.32. The lowest BCUT2D eigenvalue weighted by molar-refractivity contribution is -0.132. The van der Waals surface area contributed by atoms with Crippen LogP contribution in [0.3, 0.4) is 0 Å². The summed E-state index contributed by atoms with van der Waals surface area (Å²) in [5, 5.41) is 0. The minimum atomic E-state index is -0.431. The average Bonchev–Trinajstić information content (AvgIpc) is 3.39. The van der Waals surface area contributed by atoms with E-state index >= 15 is 0 Å². The van der Waals surface area contributed by atoms with Crippen LogP contribution >= 0.6 is 0 Å². The maximum atomic E-state index is 13.9. The lowest BCUT2D eigenvalue weighted by Crippen LogP contribution is -2.36. The average molecular weight is 409 g/mol. The van der Waals surface area contributed by atoms with Crippen LogP contribution in [0, 0.1) is 5.82 Å². The van der Waals surface area contributed by atoms with Crippen molar-refractivity contribution in [3.8, 4) is 0 Å². The van der Waals surface area contributed by atoms with Crippen molar-refractivity contribution >= 4 is 11.5 Å². The summed E-state index contributed by atoms with van der Waals surface area (Å²) in [5.74, 6) is 0.472. The highest BCUT2D eigenvalue weighted by Gasteiger charge is 2.32. The van der Waals surface area contributed by atoms with Crippen LogP contribution in [0.4, 0.5) is 4.39 Å². The van der Waals surface area contributed by atoms with Crippen molar-refractivity contribution in [1.82, 2.24) is 14.9 Å². The van der Waals surface area contributed by atoms with E-state index in [-0.39, 0.29) is 24.2 Å². The van der Waals surface area contributed by atoms with Crippen LogP contribution in [0.1, 0.15) is 49.3 Å². The topological polar surface area (TPSA) is 75.0 Å². The fourth-order valence-electron chi connectivity index (χ4n) is 3.90. The summed E-state index contributed by atoms with van der Waals surface area (Å²) in [6, 6.07) is 6.02. The summed E-state index contributed by atoms with van der Waals surface area (Å²) in [6.45, 7) is 6.39. The van der Waals surface area contributed by atoms with E-state index in [4.69, 9.17) is 5.73 Å². The van der Waals surface area contributed by atoms with Gasteiger partial charge >= 0.3 is 0 Å². The van der Waals surface area contributed by atoms with Crippen molar-refractivity contribution in [2.45, 2.75) is 44.7 Å². The largest absolute Gasteiger partial charge is 0.340 e. The minimum Gasteiger partial charge on any atom is -0.340 e. The van der Waals surface area contributed by atoms with Gasteiger partial charge in [-0.1, -0.05) is 49.1 Å². The third kappa shape index (κ3) is 5.13. The van der Waals surface area contributed by atoms with E-state index in [1.165, 1.54) is 6.07 Å². The van der Waals surface area contributed by atoms with Crippen LogP contribution in [0.2, 0.25) is 0 Å². The lowest BCUT2D eigenvalue weighted by atomic mass is 10.0. The molecule has 1 amide bonds. The normalized spacial score (nSPS) is 18.2. The molecule has 1 aliphatic rings. The van der Waals surface area contributed by atoms with Crippen LogP contribution in [-0.4, -0.2) is 33.4 Å². The van der Waals surface area contributed by atoms with Gasteiger partial charge in [-0.05, 0) is 43.4 Å². The Labute approximate surface area is 177 Å². The Morgan fingerprint density at radius 2 is 2.27 bits per heavy atom. The molecule has 6 heteroatoms. The quantitative estimate of drug-likeness (QED) is 0.639. The lowest BCUT2D eigenvalue weighted by Gasteiger charge is -2.25. The first-order valence-corrected chi connectivity index (χ1v) is 10.3. The summed E-state index contributed by atoms with van der Waals surface area (Å²) in [6.07, 6.45) is 11.7. The van der Waals surface area contributed by atoms with Gasteiger partial charge in [-0.3, -0.25) is 4.79 Å². The second kappa shape index (κ2) is 10.2. The number of halogens is 1. The Balaban J connectivity index is 1.68. The zero-order valence-electron chi connectivity index (χ0n) is 17.4. The first-order chi connectivity index (χ1) is 14.5. The highest BCUT2D eigenvalue weighted by Crippen LogP contribution is 2.31.